The maximum atomic E-state index is 10.3. The van der Waals surface area contributed by atoms with Crippen molar-refractivity contribution in [2.45, 2.75) is 13.0 Å². The summed E-state index contributed by atoms with van der Waals surface area (Å²) in [6.45, 7) is -0.321. The SMILES string of the molecule is COc1c(CC[N+](=O)[O-])ccc(Br)c1CO. The monoisotopic (exact) mass is 289 g/mol. The zero-order valence-corrected chi connectivity index (χ0v) is 10.4. The Labute approximate surface area is 101 Å². The van der Waals surface area contributed by atoms with Gasteiger partial charge in [0.1, 0.15) is 5.75 Å². The summed E-state index contributed by atoms with van der Waals surface area (Å²) >= 11 is 3.29. The molecule has 16 heavy (non-hydrogen) atoms. The topological polar surface area (TPSA) is 72.6 Å². The molecule has 0 aliphatic carbocycles. The van der Waals surface area contributed by atoms with E-state index in [9.17, 15) is 15.2 Å². The van der Waals surface area contributed by atoms with Crippen molar-refractivity contribution in [1.29, 1.82) is 0 Å². The Kier molecular flexibility index (Phi) is 4.70. The zero-order chi connectivity index (χ0) is 12.1. The number of hydrogen-bond donors (Lipinski definition) is 1. The first kappa shape index (κ1) is 12.9. The lowest BCUT2D eigenvalue weighted by molar-refractivity contribution is -0.479. The second-order valence-corrected chi connectivity index (χ2v) is 4.04. The lowest BCUT2D eigenvalue weighted by atomic mass is 10.1. The quantitative estimate of drug-likeness (QED) is 0.662. The largest absolute Gasteiger partial charge is 0.496 e. The van der Waals surface area contributed by atoms with Gasteiger partial charge < -0.3 is 9.84 Å². The number of aliphatic hydroxyl groups is 1. The average Bonchev–Trinajstić information content (AvgIpc) is 2.26. The van der Waals surface area contributed by atoms with Crippen molar-refractivity contribution < 1.29 is 14.8 Å². The van der Waals surface area contributed by atoms with Crippen molar-refractivity contribution >= 4 is 15.9 Å². The highest BCUT2D eigenvalue weighted by Gasteiger charge is 2.13. The lowest BCUT2D eigenvalue weighted by Crippen LogP contribution is -2.06. The van der Waals surface area contributed by atoms with Gasteiger partial charge in [-0.05, 0) is 6.07 Å². The summed E-state index contributed by atoms with van der Waals surface area (Å²) in [5, 5.41) is 19.5. The molecule has 0 aromatic heterocycles. The molecule has 0 amide bonds. The van der Waals surface area contributed by atoms with Gasteiger partial charge in [-0.2, -0.15) is 0 Å². The van der Waals surface area contributed by atoms with Crippen LogP contribution in [0.3, 0.4) is 0 Å². The summed E-state index contributed by atoms with van der Waals surface area (Å²) in [4.78, 5) is 9.92. The smallest absolute Gasteiger partial charge is 0.208 e. The summed E-state index contributed by atoms with van der Waals surface area (Å²) in [6.07, 6.45) is 0.288. The van der Waals surface area contributed by atoms with Gasteiger partial charge in [0.15, 0.2) is 0 Å². The van der Waals surface area contributed by atoms with E-state index in [2.05, 4.69) is 15.9 Å². The van der Waals surface area contributed by atoms with E-state index in [1.54, 1.807) is 12.1 Å². The first-order valence-corrected chi connectivity index (χ1v) is 5.46. The van der Waals surface area contributed by atoms with Gasteiger partial charge in [-0.3, -0.25) is 10.1 Å². The standard InChI is InChI=1S/C10H12BrNO4/c1-16-10-7(4-5-12(14)15)2-3-9(11)8(10)6-13/h2-3,13H,4-6H2,1H3. The summed E-state index contributed by atoms with van der Waals surface area (Å²) < 4.78 is 5.90. The normalized spacial score (nSPS) is 10.2. The Bertz CT molecular complexity index is 395. The van der Waals surface area contributed by atoms with Crippen LogP contribution in [0, 0.1) is 10.1 Å². The average molecular weight is 290 g/mol. The van der Waals surface area contributed by atoms with Crippen molar-refractivity contribution in [3.8, 4) is 5.75 Å². The molecule has 0 bridgehead atoms. The van der Waals surface area contributed by atoms with Gasteiger partial charge in [0.05, 0.1) is 13.7 Å². The molecule has 1 N–H and O–H groups in total. The molecule has 0 heterocycles. The van der Waals surface area contributed by atoms with Gasteiger partial charge in [0.25, 0.3) is 0 Å². The van der Waals surface area contributed by atoms with Crippen LogP contribution < -0.4 is 4.74 Å². The molecule has 0 atom stereocenters. The number of ether oxygens (including phenoxy) is 1. The van der Waals surface area contributed by atoms with Crippen molar-refractivity contribution in [1.82, 2.24) is 0 Å². The number of aliphatic hydroxyl groups excluding tert-OH is 1. The Hall–Kier alpha value is -1.14. The molecular weight excluding hydrogens is 278 g/mol. The van der Waals surface area contributed by atoms with E-state index < -0.39 is 0 Å². The minimum absolute atomic E-state index is 0.150. The highest BCUT2D eigenvalue weighted by Crippen LogP contribution is 2.31. The highest BCUT2D eigenvalue weighted by molar-refractivity contribution is 9.10. The molecule has 5 nitrogen and oxygen atoms in total. The number of rotatable bonds is 5. The Balaban J connectivity index is 3.04. The van der Waals surface area contributed by atoms with Gasteiger partial charge in [-0.1, -0.05) is 22.0 Å². The predicted octanol–water partition coefficient (Wildman–Crippen LogP) is 1.77. The van der Waals surface area contributed by atoms with Crippen LogP contribution in [0.25, 0.3) is 0 Å². The van der Waals surface area contributed by atoms with E-state index in [0.29, 0.717) is 11.3 Å². The van der Waals surface area contributed by atoms with Gasteiger partial charge in [-0.15, -0.1) is 0 Å². The molecule has 0 saturated carbocycles. The molecule has 0 saturated heterocycles. The van der Waals surface area contributed by atoms with Crippen LogP contribution in [0.1, 0.15) is 11.1 Å². The van der Waals surface area contributed by atoms with Crippen molar-refractivity contribution in [3.05, 3.63) is 37.8 Å². The molecular formula is C10H12BrNO4. The molecule has 0 aliphatic heterocycles. The van der Waals surface area contributed by atoms with Crippen LogP contribution in [0.4, 0.5) is 0 Å². The molecule has 6 heteroatoms. The Morgan fingerprint density at radius 2 is 2.25 bits per heavy atom. The number of methoxy groups -OCH3 is 1. The van der Waals surface area contributed by atoms with Crippen molar-refractivity contribution in [3.63, 3.8) is 0 Å². The third-order valence-corrected chi connectivity index (χ3v) is 2.95. The van der Waals surface area contributed by atoms with Crippen molar-refractivity contribution in [2.75, 3.05) is 13.7 Å². The van der Waals surface area contributed by atoms with Gasteiger partial charge in [0, 0.05) is 26.9 Å². The number of benzene rings is 1. The second kappa shape index (κ2) is 5.81. The number of hydrogen-bond acceptors (Lipinski definition) is 4. The van der Waals surface area contributed by atoms with Crippen LogP contribution in [0.2, 0.25) is 0 Å². The first-order chi connectivity index (χ1) is 7.60. The predicted molar refractivity (Wildman–Crippen MR) is 62.2 cm³/mol. The fourth-order valence-corrected chi connectivity index (χ4v) is 1.90. The highest BCUT2D eigenvalue weighted by atomic mass is 79.9. The molecule has 1 aromatic rings. The van der Waals surface area contributed by atoms with Crippen LogP contribution in [0.5, 0.6) is 5.75 Å². The third kappa shape index (κ3) is 2.93. The van der Waals surface area contributed by atoms with Crippen LogP contribution in [0.15, 0.2) is 16.6 Å². The van der Waals surface area contributed by atoms with Gasteiger partial charge in [-0.25, -0.2) is 0 Å². The van der Waals surface area contributed by atoms with E-state index in [4.69, 9.17) is 4.74 Å². The third-order valence-electron chi connectivity index (χ3n) is 2.21. The fourth-order valence-electron chi connectivity index (χ4n) is 1.46. The number of halogens is 1. The lowest BCUT2D eigenvalue weighted by Gasteiger charge is -2.12. The Morgan fingerprint density at radius 3 is 2.75 bits per heavy atom. The molecule has 1 aromatic carbocycles. The van der Waals surface area contributed by atoms with Crippen molar-refractivity contribution in [2.24, 2.45) is 0 Å². The summed E-state index contributed by atoms with van der Waals surface area (Å²) in [6, 6.07) is 3.51. The minimum atomic E-state index is -0.375. The molecule has 0 fully saturated rings. The van der Waals surface area contributed by atoms with Crippen LogP contribution in [-0.4, -0.2) is 23.7 Å². The zero-order valence-electron chi connectivity index (χ0n) is 8.77. The Morgan fingerprint density at radius 1 is 1.56 bits per heavy atom. The van der Waals surface area contributed by atoms with Crippen LogP contribution >= 0.6 is 15.9 Å². The molecule has 0 spiro atoms. The summed E-state index contributed by atoms with van der Waals surface area (Å²) in [5.74, 6) is 0.513. The van der Waals surface area contributed by atoms with E-state index in [1.165, 1.54) is 7.11 Å². The molecule has 0 unspecified atom stereocenters. The van der Waals surface area contributed by atoms with E-state index in [0.717, 1.165) is 10.0 Å². The maximum Gasteiger partial charge on any atom is 0.208 e. The summed E-state index contributed by atoms with van der Waals surface area (Å²) in [7, 11) is 1.48. The maximum absolute atomic E-state index is 10.3. The van der Waals surface area contributed by atoms with E-state index in [1.807, 2.05) is 0 Å². The van der Waals surface area contributed by atoms with E-state index >= 15 is 0 Å². The van der Waals surface area contributed by atoms with Gasteiger partial charge >= 0.3 is 0 Å². The minimum Gasteiger partial charge on any atom is -0.496 e. The van der Waals surface area contributed by atoms with E-state index in [-0.39, 0.29) is 24.5 Å². The molecule has 0 aliphatic rings. The molecule has 88 valence electrons. The fraction of sp³-hybridized carbons (Fsp3) is 0.400. The molecule has 1 rings (SSSR count). The van der Waals surface area contributed by atoms with Crippen LogP contribution in [-0.2, 0) is 13.0 Å². The molecule has 0 radical (unpaired) electrons. The number of nitro groups is 1. The number of nitrogens with zero attached hydrogens (tertiary/aromatic N) is 1. The summed E-state index contributed by atoms with van der Waals surface area (Å²) in [5.41, 5.74) is 1.34. The first-order valence-electron chi connectivity index (χ1n) is 4.67. The van der Waals surface area contributed by atoms with Gasteiger partial charge in [0.2, 0.25) is 6.54 Å². The second-order valence-electron chi connectivity index (χ2n) is 3.18.